The van der Waals surface area contributed by atoms with Gasteiger partial charge in [-0.15, -0.1) is 11.3 Å². The topological polar surface area (TPSA) is 51.1 Å². The molecule has 0 aliphatic heterocycles. The molecule has 0 radical (unpaired) electrons. The van der Waals surface area contributed by atoms with E-state index in [0.717, 1.165) is 10.3 Å². The van der Waals surface area contributed by atoms with E-state index in [-0.39, 0.29) is 18.0 Å². The van der Waals surface area contributed by atoms with Gasteiger partial charge < -0.3 is 9.88 Å². The van der Waals surface area contributed by atoms with Gasteiger partial charge in [-0.2, -0.15) is 0 Å². The predicted octanol–water partition coefficient (Wildman–Crippen LogP) is 3.66. The molecule has 1 amide bonds. The molecule has 3 aromatic rings. The number of hydrogen-bond donors (Lipinski definition) is 1. The van der Waals surface area contributed by atoms with Crippen LogP contribution in [0.4, 0.5) is 5.69 Å². The third-order valence-corrected chi connectivity index (χ3v) is 4.65. The Kier molecular flexibility index (Phi) is 4.00. The van der Waals surface area contributed by atoms with Crippen LogP contribution in [-0.4, -0.2) is 10.5 Å². The van der Waals surface area contributed by atoms with Crippen LogP contribution in [0.25, 0.3) is 10.1 Å². The molecule has 0 atom stereocenters. The smallest absolute Gasteiger partial charge is 0.259 e. The number of aryl methyl sites for hydroxylation is 1. The Morgan fingerprint density at radius 3 is 2.91 bits per heavy atom. The fourth-order valence-electron chi connectivity index (χ4n) is 2.16. The lowest BCUT2D eigenvalue weighted by molar-refractivity contribution is -0.116. The number of fused-ring (bicyclic) bond motifs is 1. The van der Waals surface area contributed by atoms with Gasteiger partial charge in [0.05, 0.1) is 5.39 Å². The number of thiophene rings is 1. The molecule has 112 valence electrons. The summed E-state index contributed by atoms with van der Waals surface area (Å²) >= 11 is 7.54. The van der Waals surface area contributed by atoms with Gasteiger partial charge in [-0.25, -0.2) is 0 Å². The number of aromatic nitrogens is 1. The first-order valence-corrected chi connectivity index (χ1v) is 7.93. The van der Waals surface area contributed by atoms with Crippen molar-refractivity contribution in [3.05, 3.63) is 62.8 Å². The highest BCUT2D eigenvalue weighted by molar-refractivity contribution is 7.17. The number of amides is 1. The van der Waals surface area contributed by atoms with Crippen molar-refractivity contribution in [2.24, 2.45) is 0 Å². The van der Waals surface area contributed by atoms with Gasteiger partial charge in [-0.3, -0.25) is 9.59 Å². The molecule has 0 saturated carbocycles. The zero-order valence-corrected chi connectivity index (χ0v) is 13.4. The van der Waals surface area contributed by atoms with E-state index in [0.29, 0.717) is 16.1 Å². The molecule has 0 aliphatic rings. The number of anilines is 1. The number of carbonyl (C=O) groups is 1. The van der Waals surface area contributed by atoms with Crippen LogP contribution in [0.2, 0.25) is 5.02 Å². The fourth-order valence-corrected chi connectivity index (χ4v) is 3.11. The number of pyridine rings is 1. The first-order chi connectivity index (χ1) is 10.5. The minimum atomic E-state index is -0.267. The largest absolute Gasteiger partial charge is 0.324 e. The lowest BCUT2D eigenvalue weighted by Crippen LogP contribution is -2.26. The molecule has 2 heterocycles. The molecule has 2 aromatic heterocycles. The first kappa shape index (κ1) is 14.8. The van der Waals surface area contributed by atoms with Crippen LogP contribution in [0, 0.1) is 6.92 Å². The van der Waals surface area contributed by atoms with Gasteiger partial charge >= 0.3 is 0 Å². The third-order valence-electron chi connectivity index (χ3n) is 3.36. The number of carbonyl (C=O) groups excluding carboxylic acids is 1. The van der Waals surface area contributed by atoms with Crippen molar-refractivity contribution in [2.45, 2.75) is 13.5 Å². The molecule has 4 nitrogen and oxygen atoms in total. The van der Waals surface area contributed by atoms with E-state index in [2.05, 4.69) is 5.32 Å². The lowest BCUT2D eigenvalue weighted by atomic mass is 10.2. The molecule has 6 heteroatoms. The average Bonchev–Trinajstić information content (AvgIpc) is 2.95. The summed E-state index contributed by atoms with van der Waals surface area (Å²) in [6.45, 7) is 1.86. The number of nitrogens with one attached hydrogen (secondary N) is 1. The Hall–Kier alpha value is -2.11. The second kappa shape index (κ2) is 5.94. The van der Waals surface area contributed by atoms with Crippen LogP contribution < -0.4 is 10.9 Å². The Labute approximate surface area is 136 Å². The Balaban J connectivity index is 1.79. The van der Waals surface area contributed by atoms with E-state index >= 15 is 0 Å². The molecule has 1 N–H and O–H groups in total. The maximum atomic E-state index is 12.2. The minimum absolute atomic E-state index is 0.0316. The highest BCUT2D eigenvalue weighted by atomic mass is 35.5. The first-order valence-electron chi connectivity index (χ1n) is 6.67. The van der Waals surface area contributed by atoms with Gasteiger partial charge in [0.1, 0.15) is 6.54 Å². The molecule has 3 rings (SSSR count). The summed E-state index contributed by atoms with van der Waals surface area (Å²) < 4.78 is 2.33. The van der Waals surface area contributed by atoms with Crippen molar-refractivity contribution >= 4 is 44.6 Å². The summed E-state index contributed by atoms with van der Waals surface area (Å²) in [6, 6.07) is 8.93. The molecule has 0 spiro atoms. The van der Waals surface area contributed by atoms with Crippen LogP contribution in [0.1, 0.15) is 5.56 Å². The van der Waals surface area contributed by atoms with Crippen molar-refractivity contribution in [1.29, 1.82) is 0 Å². The Morgan fingerprint density at radius 2 is 2.14 bits per heavy atom. The number of rotatable bonds is 3. The summed E-state index contributed by atoms with van der Waals surface area (Å²) in [6.07, 6.45) is 1.64. The highest BCUT2D eigenvalue weighted by Gasteiger charge is 2.08. The number of halogens is 1. The second-order valence-corrected chi connectivity index (χ2v) is 6.31. The van der Waals surface area contributed by atoms with Crippen molar-refractivity contribution < 1.29 is 4.79 Å². The maximum absolute atomic E-state index is 12.2. The minimum Gasteiger partial charge on any atom is -0.324 e. The molecular formula is C16H13ClN2O2S. The highest BCUT2D eigenvalue weighted by Crippen LogP contribution is 2.20. The van der Waals surface area contributed by atoms with Crippen molar-refractivity contribution in [2.75, 3.05) is 5.32 Å². The van der Waals surface area contributed by atoms with Crippen LogP contribution in [0.15, 0.2) is 46.7 Å². The summed E-state index contributed by atoms with van der Waals surface area (Å²) in [7, 11) is 0. The van der Waals surface area contributed by atoms with Crippen molar-refractivity contribution in [3.8, 4) is 0 Å². The van der Waals surface area contributed by atoms with E-state index in [1.54, 1.807) is 24.4 Å². The number of nitrogens with zero attached hydrogens (tertiary/aromatic N) is 1. The Bertz CT molecular complexity index is 914. The lowest BCUT2D eigenvalue weighted by Gasteiger charge is -2.08. The van der Waals surface area contributed by atoms with E-state index in [9.17, 15) is 9.59 Å². The van der Waals surface area contributed by atoms with Crippen LogP contribution in [0.3, 0.4) is 0 Å². The molecule has 0 aliphatic carbocycles. The van der Waals surface area contributed by atoms with Crippen LogP contribution in [0.5, 0.6) is 0 Å². The van der Waals surface area contributed by atoms with Crippen LogP contribution in [-0.2, 0) is 11.3 Å². The van der Waals surface area contributed by atoms with Gasteiger partial charge in [0, 0.05) is 21.6 Å². The summed E-state index contributed by atoms with van der Waals surface area (Å²) in [5.74, 6) is -0.267. The van der Waals surface area contributed by atoms with Gasteiger partial charge in [-0.05, 0) is 42.1 Å². The molecule has 22 heavy (non-hydrogen) atoms. The summed E-state index contributed by atoms with van der Waals surface area (Å²) in [4.78, 5) is 24.3. The number of hydrogen-bond acceptors (Lipinski definition) is 3. The van der Waals surface area contributed by atoms with Crippen LogP contribution >= 0.6 is 22.9 Å². The second-order valence-electron chi connectivity index (χ2n) is 4.96. The van der Waals surface area contributed by atoms with E-state index in [1.807, 2.05) is 24.4 Å². The molecule has 0 bridgehead atoms. The van der Waals surface area contributed by atoms with Crippen molar-refractivity contribution in [1.82, 2.24) is 4.57 Å². The zero-order valence-electron chi connectivity index (χ0n) is 11.8. The normalized spacial score (nSPS) is 10.8. The molecule has 0 saturated heterocycles. The molecule has 0 unspecified atom stereocenters. The zero-order chi connectivity index (χ0) is 15.7. The van der Waals surface area contributed by atoms with E-state index in [4.69, 9.17) is 11.6 Å². The van der Waals surface area contributed by atoms with Crippen molar-refractivity contribution in [3.63, 3.8) is 0 Å². The average molecular weight is 333 g/mol. The molecular weight excluding hydrogens is 320 g/mol. The van der Waals surface area contributed by atoms with E-state index < -0.39 is 0 Å². The van der Waals surface area contributed by atoms with Gasteiger partial charge in [-0.1, -0.05) is 17.7 Å². The fraction of sp³-hybridized carbons (Fsp3) is 0.125. The van der Waals surface area contributed by atoms with E-state index in [1.165, 1.54) is 15.9 Å². The molecule has 0 fully saturated rings. The summed E-state index contributed by atoms with van der Waals surface area (Å²) in [5.41, 5.74) is 1.40. The number of benzene rings is 1. The van der Waals surface area contributed by atoms with Gasteiger partial charge in [0.25, 0.3) is 5.56 Å². The maximum Gasteiger partial charge on any atom is 0.259 e. The third kappa shape index (κ3) is 2.91. The standard InChI is InChI=1S/C16H13ClN2O2S/c1-10-2-3-11(8-13(10)17)18-15(20)9-19-6-4-14-12(16(19)21)5-7-22-14/h2-8H,9H2,1H3,(H,18,20). The SMILES string of the molecule is Cc1ccc(NC(=O)Cn2ccc3sccc3c2=O)cc1Cl. The monoisotopic (exact) mass is 332 g/mol. The molecule has 1 aromatic carbocycles. The summed E-state index contributed by atoms with van der Waals surface area (Å²) in [5, 5.41) is 5.84. The quantitative estimate of drug-likeness (QED) is 0.795. The predicted molar refractivity (Wildman–Crippen MR) is 90.9 cm³/mol. The van der Waals surface area contributed by atoms with Gasteiger partial charge in [0.2, 0.25) is 5.91 Å². The Morgan fingerprint density at radius 1 is 1.32 bits per heavy atom. The van der Waals surface area contributed by atoms with Gasteiger partial charge in [0.15, 0.2) is 0 Å².